The molecule has 13 heavy (non-hydrogen) atoms. The van der Waals surface area contributed by atoms with Crippen molar-refractivity contribution < 1.29 is 14.7 Å². The topological polar surface area (TPSA) is 78.4 Å². The van der Waals surface area contributed by atoms with E-state index >= 15 is 0 Å². The molecule has 1 aliphatic rings. The summed E-state index contributed by atoms with van der Waals surface area (Å²) in [6.07, 6.45) is 1.30. The average molecular weight is 186 g/mol. The Morgan fingerprint density at radius 3 is 3.00 bits per heavy atom. The first-order valence-corrected chi connectivity index (χ1v) is 4.40. The molecule has 5 heteroatoms. The molecule has 74 valence electrons. The van der Waals surface area contributed by atoms with Crippen LogP contribution in [0.4, 0.5) is 0 Å². The Labute approximate surface area is 76.5 Å². The van der Waals surface area contributed by atoms with Gasteiger partial charge in [0.1, 0.15) is 0 Å². The minimum atomic E-state index is -0.776. The molecule has 1 fully saturated rings. The summed E-state index contributed by atoms with van der Waals surface area (Å²) in [5.74, 6) is -0.710. The predicted molar refractivity (Wildman–Crippen MR) is 46.3 cm³/mol. The van der Waals surface area contributed by atoms with Crippen molar-refractivity contribution >= 4 is 11.9 Å². The van der Waals surface area contributed by atoms with Crippen LogP contribution in [0.1, 0.15) is 19.3 Å². The van der Waals surface area contributed by atoms with Crippen LogP contribution in [0.2, 0.25) is 0 Å². The first-order chi connectivity index (χ1) is 6.18. The lowest BCUT2D eigenvalue weighted by Crippen LogP contribution is -2.31. The van der Waals surface area contributed by atoms with Crippen LogP contribution in [0, 0.1) is 0 Å². The van der Waals surface area contributed by atoms with E-state index in [0.717, 1.165) is 0 Å². The highest BCUT2D eigenvalue weighted by Gasteiger charge is 2.19. The summed E-state index contributed by atoms with van der Waals surface area (Å²) in [7, 11) is 0. The zero-order valence-electron chi connectivity index (χ0n) is 7.38. The molecular formula is C8H14N2O3. The van der Waals surface area contributed by atoms with E-state index in [-0.39, 0.29) is 18.4 Å². The molecule has 0 radical (unpaired) electrons. The summed E-state index contributed by atoms with van der Waals surface area (Å²) in [5, 5.41) is 14.2. The van der Waals surface area contributed by atoms with Gasteiger partial charge in [0.05, 0.1) is 0 Å². The van der Waals surface area contributed by atoms with E-state index < -0.39 is 5.97 Å². The van der Waals surface area contributed by atoms with E-state index in [1.165, 1.54) is 0 Å². The summed E-state index contributed by atoms with van der Waals surface area (Å²) in [6.45, 7) is 1.32. The number of hydrogen-bond donors (Lipinski definition) is 3. The molecule has 0 aliphatic carbocycles. The van der Waals surface area contributed by atoms with Gasteiger partial charge in [0.2, 0.25) is 5.91 Å². The van der Waals surface area contributed by atoms with Gasteiger partial charge < -0.3 is 15.7 Å². The Bertz CT molecular complexity index is 206. The van der Waals surface area contributed by atoms with Crippen molar-refractivity contribution in [3.05, 3.63) is 0 Å². The van der Waals surface area contributed by atoms with Gasteiger partial charge in [0, 0.05) is 25.4 Å². The first kappa shape index (κ1) is 9.98. The maximum absolute atomic E-state index is 10.7. The zero-order valence-corrected chi connectivity index (χ0v) is 7.38. The molecule has 1 aliphatic heterocycles. The molecule has 1 rings (SSSR count). The highest BCUT2D eigenvalue weighted by molar-refractivity contribution is 5.78. The van der Waals surface area contributed by atoms with Crippen molar-refractivity contribution in [1.82, 2.24) is 10.6 Å². The monoisotopic (exact) mass is 186 g/mol. The molecule has 5 nitrogen and oxygen atoms in total. The fraction of sp³-hybridized carbons (Fsp3) is 0.750. The van der Waals surface area contributed by atoms with E-state index in [2.05, 4.69) is 10.6 Å². The molecule has 0 aromatic heterocycles. The SMILES string of the molecule is O=C(O)CCCNC1CNC(=O)C1. The van der Waals surface area contributed by atoms with Crippen molar-refractivity contribution in [2.24, 2.45) is 0 Å². The molecule has 0 aromatic rings. The summed E-state index contributed by atoms with van der Waals surface area (Å²) in [5.41, 5.74) is 0. The van der Waals surface area contributed by atoms with Crippen LogP contribution in [0.25, 0.3) is 0 Å². The molecule has 1 saturated heterocycles. The number of carbonyl (C=O) groups excluding carboxylic acids is 1. The van der Waals surface area contributed by atoms with Gasteiger partial charge in [-0.3, -0.25) is 9.59 Å². The smallest absolute Gasteiger partial charge is 0.303 e. The lowest BCUT2D eigenvalue weighted by atomic mass is 10.2. The summed E-state index contributed by atoms with van der Waals surface area (Å²) >= 11 is 0. The van der Waals surface area contributed by atoms with Crippen LogP contribution in [0.5, 0.6) is 0 Å². The zero-order chi connectivity index (χ0) is 9.68. The van der Waals surface area contributed by atoms with Gasteiger partial charge in [-0.25, -0.2) is 0 Å². The van der Waals surface area contributed by atoms with Crippen molar-refractivity contribution in [1.29, 1.82) is 0 Å². The minimum absolute atomic E-state index is 0.0655. The van der Waals surface area contributed by atoms with Gasteiger partial charge in [-0.15, -0.1) is 0 Å². The number of amides is 1. The third-order valence-corrected chi connectivity index (χ3v) is 1.98. The number of carbonyl (C=O) groups is 2. The minimum Gasteiger partial charge on any atom is -0.481 e. The Morgan fingerprint density at radius 2 is 2.46 bits per heavy atom. The normalized spacial score (nSPS) is 21.5. The third kappa shape index (κ3) is 3.89. The molecule has 1 heterocycles. The molecule has 1 atom stereocenters. The fourth-order valence-electron chi connectivity index (χ4n) is 1.30. The van der Waals surface area contributed by atoms with Crippen LogP contribution in [-0.4, -0.2) is 36.1 Å². The third-order valence-electron chi connectivity index (χ3n) is 1.98. The fourth-order valence-corrected chi connectivity index (χ4v) is 1.30. The van der Waals surface area contributed by atoms with Crippen LogP contribution in [0.15, 0.2) is 0 Å². The quantitative estimate of drug-likeness (QED) is 0.497. The van der Waals surface area contributed by atoms with Crippen LogP contribution in [-0.2, 0) is 9.59 Å². The molecule has 0 spiro atoms. The number of rotatable bonds is 5. The molecule has 0 bridgehead atoms. The summed E-state index contributed by atoms with van der Waals surface area (Å²) in [4.78, 5) is 20.9. The van der Waals surface area contributed by atoms with Crippen LogP contribution < -0.4 is 10.6 Å². The molecule has 0 aromatic carbocycles. The highest BCUT2D eigenvalue weighted by atomic mass is 16.4. The lowest BCUT2D eigenvalue weighted by molar-refractivity contribution is -0.137. The first-order valence-electron chi connectivity index (χ1n) is 4.40. The van der Waals surface area contributed by atoms with Gasteiger partial charge in [0.15, 0.2) is 0 Å². The molecule has 1 amide bonds. The highest BCUT2D eigenvalue weighted by Crippen LogP contribution is 1.99. The van der Waals surface area contributed by atoms with E-state index in [9.17, 15) is 9.59 Å². The largest absolute Gasteiger partial charge is 0.481 e. The maximum atomic E-state index is 10.7. The van der Waals surface area contributed by atoms with E-state index in [1.807, 2.05) is 0 Å². The number of carboxylic acid groups (broad SMARTS) is 1. The Morgan fingerprint density at radius 1 is 1.69 bits per heavy atom. The molecule has 0 saturated carbocycles. The summed E-state index contributed by atoms with van der Waals surface area (Å²) < 4.78 is 0. The Hall–Kier alpha value is -1.10. The van der Waals surface area contributed by atoms with Crippen molar-refractivity contribution in [3.8, 4) is 0 Å². The van der Waals surface area contributed by atoms with E-state index in [4.69, 9.17) is 5.11 Å². The van der Waals surface area contributed by atoms with Gasteiger partial charge >= 0.3 is 5.97 Å². The second-order valence-corrected chi connectivity index (χ2v) is 3.16. The van der Waals surface area contributed by atoms with Gasteiger partial charge in [-0.05, 0) is 13.0 Å². The van der Waals surface area contributed by atoms with E-state index in [1.54, 1.807) is 0 Å². The average Bonchev–Trinajstić information content (AvgIpc) is 2.45. The van der Waals surface area contributed by atoms with Crippen LogP contribution in [0.3, 0.4) is 0 Å². The number of nitrogens with one attached hydrogen (secondary N) is 2. The lowest BCUT2D eigenvalue weighted by Gasteiger charge is -2.08. The molecular weight excluding hydrogens is 172 g/mol. The van der Waals surface area contributed by atoms with Gasteiger partial charge in [-0.1, -0.05) is 0 Å². The van der Waals surface area contributed by atoms with Gasteiger partial charge in [0.25, 0.3) is 0 Å². The number of hydrogen-bond acceptors (Lipinski definition) is 3. The summed E-state index contributed by atoms with van der Waals surface area (Å²) in [6, 6.07) is 0.182. The van der Waals surface area contributed by atoms with E-state index in [0.29, 0.717) is 25.9 Å². The van der Waals surface area contributed by atoms with Crippen molar-refractivity contribution in [2.75, 3.05) is 13.1 Å². The standard InChI is InChI=1S/C8H14N2O3/c11-7-4-6(5-10-7)9-3-1-2-8(12)13/h6,9H,1-5H2,(H,10,11)(H,12,13). The molecule has 1 unspecified atom stereocenters. The second kappa shape index (κ2) is 4.81. The Balaban J connectivity index is 2.00. The van der Waals surface area contributed by atoms with Crippen molar-refractivity contribution in [2.45, 2.75) is 25.3 Å². The van der Waals surface area contributed by atoms with Gasteiger partial charge in [-0.2, -0.15) is 0 Å². The maximum Gasteiger partial charge on any atom is 0.303 e. The Kier molecular flexibility index (Phi) is 3.70. The molecule has 3 N–H and O–H groups in total. The number of aliphatic carboxylic acids is 1. The second-order valence-electron chi connectivity index (χ2n) is 3.16. The van der Waals surface area contributed by atoms with Crippen LogP contribution >= 0.6 is 0 Å². The predicted octanol–water partition coefficient (Wildman–Crippen LogP) is -0.671. The van der Waals surface area contributed by atoms with Crippen molar-refractivity contribution in [3.63, 3.8) is 0 Å². The number of carboxylic acids is 1.